The zero-order valence-electron chi connectivity index (χ0n) is 13.2. The fraction of sp³-hybridized carbons (Fsp3) is 0.471. The number of primary amides is 1. The lowest BCUT2D eigenvalue weighted by Crippen LogP contribution is -2.41. The molecule has 2 N–H and O–H groups in total. The van der Waals surface area contributed by atoms with Gasteiger partial charge in [-0.1, -0.05) is 36.0 Å². The molecule has 1 unspecified atom stereocenters. The van der Waals surface area contributed by atoms with Crippen molar-refractivity contribution in [2.75, 3.05) is 0 Å². The van der Waals surface area contributed by atoms with Crippen LogP contribution in [0.15, 0.2) is 29.4 Å². The number of hydrogen-bond donors (Lipinski definition) is 1. The summed E-state index contributed by atoms with van der Waals surface area (Å²) in [5, 5.41) is 6.99. The Morgan fingerprint density at radius 2 is 2.09 bits per heavy atom. The molecule has 1 heterocycles. The molecule has 0 fully saturated rings. The van der Waals surface area contributed by atoms with E-state index in [0.29, 0.717) is 0 Å². The van der Waals surface area contributed by atoms with Gasteiger partial charge in [0, 0.05) is 12.8 Å². The van der Waals surface area contributed by atoms with Crippen LogP contribution in [-0.4, -0.2) is 21.9 Å². The molecule has 0 radical (unpaired) electrons. The first-order valence-electron chi connectivity index (χ1n) is 7.97. The quantitative estimate of drug-likeness (QED) is 0.925. The summed E-state index contributed by atoms with van der Waals surface area (Å²) in [7, 11) is 0. The molecule has 1 aromatic carbocycles. The summed E-state index contributed by atoms with van der Waals surface area (Å²) in [6.07, 6.45) is 4.23. The molecule has 1 aliphatic carbocycles. The predicted molar refractivity (Wildman–Crippen MR) is 91.6 cm³/mol. The van der Waals surface area contributed by atoms with Gasteiger partial charge in [0.05, 0.1) is 5.04 Å². The second-order valence-corrected chi connectivity index (χ2v) is 7.51. The van der Waals surface area contributed by atoms with Crippen LogP contribution >= 0.6 is 11.8 Å². The van der Waals surface area contributed by atoms with Crippen LogP contribution in [0.5, 0.6) is 0 Å². The molecule has 1 aliphatic heterocycles. The van der Waals surface area contributed by atoms with E-state index in [1.807, 2.05) is 19.1 Å². The van der Waals surface area contributed by atoms with E-state index >= 15 is 0 Å². The second kappa shape index (κ2) is 6.35. The van der Waals surface area contributed by atoms with Crippen LogP contribution in [0.2, 0.25) is 0 Å². The van der Waals surface area contributed by atoms with Crippen molar-refractivity contribution in [3.05, 3.63) is 35.4 Å². The Labute approximate surface area is 140 Å². The molecule has 1 atom stereocenters. The first-order valence-corrected chi connectivity index (χ1v) is 8.78. The lowest BCUT2D eigenvalue weighted by molar-refractivity contribution is -0.136. The Morgan fingerprint density at radius 3 is 2.87 bits per heavy atom. The van der Waals surface area contributed by atoms with Crippen molar-refractivity contribution in [2.45, 2.75) is 50.3 Å². The van der Waals surface area contributed by atoms with Gasteiger partial charge in [0.25, 0.3) is 0 Å². The molecular formula is C17H21N3O2S. The van der Waals surface area contributed by atoms with Crippen LogP contribution in [0, 0.1) is 0 Å². The lowest BCUT2D eigenvalue weighted by atomic mass is 9.97. The van der Waals surface area contributed by atoms with E-state index in [4.69, 9.17) is 5.73 Å². The highest BCUT2D eigenvalue weighted by Crippen LogP contribution is 2.51. The summed E-state index contributed by atoms with van der Waals surface area (Å²) >= 11 is 1.65. The van der Waals surface area contributed by atoms with Gasteiger partial charge in [-0.15, -0.1) is 0 Å². The van der Waals surface area contributed by atoms with Gasteiger partial charge in [-0.2, -0.15) is 5.10 Å². The normalized spacial score (nSPS) is 23.3. The molecule has 0 aromatic heterocycles. The van der Waals surface area contributed by atoms with Gasteiger partial charge < -0.3 is 5.73 Å². The number of amides is 2. The minimum atomic E-state index is -0.466. The average Bonchev–Trinajstić information content (AvgIpc) is 2.75. The Hall–Kier alpha value is -1.82. The summed E-state index contributed by atoms with van der Waals surface area (Å²) in [6.45, 7) is 1.93. The van der Waals surface area contributed by atoms with E-state index < -0.39 is 10.8 Å². The number of hydrazone groups is 1. The molecule has 5 nitrogen and oxygen atoms in total. The third-order valence-electron chi connectivity index (χ3n) is 4.37. The molecule has 0 bridgehead atoms. The van der Waals surface area contributed by atoms with Crippen molar-refractivity contribution in [3.63, 3.8) is 0 Å². The van der Waals surface area contributed by atoms with Crippen molar-refractivity contribution in [3.8, 4) is 0 Å². The van der Waals surface area contributed by atoms with Gasteiger partial charge in [-0.25, -0.2) is 5.01 Å². The van der Waals surface area contributed by atoms with Crippen LogP contribution in [0.3, 0.4) is 0 Å². The number of hydrogen-bond acceptors (Lipinski definition) is 4. The summed E-state index contributed by atoms with van der Waals surface area (Å²) < 4.78 is 0. The largest absolute Gasteiger partial charge is 0.370 e. The molecule has 3 rings (SSSR count). The fourth-order valence-electron chi connectivity index (χ4n) is 3.38. The van der Waals surface area contributed by atoms with Gasteiger partial charge in [0.2, 0.25) is 11.8 Å². The van der Waals surface area contributed by atoms with Crippen molar-refractivity contribution in [2.24, 2.45) is 10.8 Å². The molecular weight excluding hydrogens is 310 g/mol. The molecule has 2 aliphatic rings. The number of fused-ring (bicyclic) bond motifs is 2. The molecule has 0 saturated heterocycles. The Kier molecular flexibility index (Phi) is 4.43. The lowest BCUT2D eigenvalue weighted by Gasteiger charge is -2.36. The molecule has 1 spiro atoms. The maximum atomic E-state index is 12.7. The van der Waals surface area contributed by atoms with Crippen molar-refractivity contribution in [1.29, 1.82) is 0 Å². The van der Waals surface area contributed by atoms with Crippen molar-refractivity contribution < 1.29 is 9.59 Å². The zero-order chi connectivity index (χ0) is 16.4. The van der Waals surface area contributed by atoms with Crippen LogP contribution < -0.4 is 5.73 Å². The SMILES string of the molecule is CC1=NN(C(=O)CCC(N)=O)C2(CCCCc3ccccc32)S1. The monoisotopic (exact) mass is 331 g/mol. The highest BCUT2D eigenvalue weighted by molar-refractivity contribution is 8.14. The molecule has 0 saturated carbocycles. The highest BCUT2D eigenvalue weighted by atomic mass is 32.2. The van der Waals surface area contributed by atoms with Gasteiger partial charge in [-0.05, 0) is 43.7 Å². The van der Waals surface area contributed by atoms with Crippen LogP contribution in [0.4, 0.5) is 0 Å². The van der Waals surface area contributed by atoms with Crippen LogP contribution in [0.25, 0.3) is 0 Å². The maximum Gasteiger partial charge on any atom is 0.244 e. The number of benzene rings is 1. The topological polar surface area (TPSA) is 75.8 Å². The number of thioether (sulfide) groups is 1. The Bertz CT molecular complexity index is 674. The Morgan fingerprint density at radius 1 is 1.30 bits per heavy atom. The third-order valence-corrected chi connectivity index (χ3v) is 5.68. The fourth-order valence-corrected chi connectivity index (χ4v) is 4.78. The molecule has 2 amide bonds. The maximum absolute atomic E-state index is 12.7. The van der Waals surface area contributed by atoms with E-state index in [1.54, 1.807) is 16.8 Å². The summed E-state index contributed by atoms with van der Waals surface area (Å²) in [6, 6.07) is 8.31. The zero-order valence-corrected chi connectivity index (χ0v) is 14.1. The van der Waals surface area contributed by atoms with Gasteiger partial charge in [0.15, 0.2) is 0 Å². The number of carbonyl (C=O) groups is 2. The minimum Gasteiger partial charge on any atom is -0.370 e. The molecule has 23 heavy (non-hydrogen) atoms. The summed E-state index contributed by atoms with van der Waals surface area (Å²) in [4.78, 5) is 23.2. The van der Waals surface area contributed by atoms with Crippen LogP contribution in [0.1, 0.15) is 50.2 Å². The van der Waals surface area contributed by atoms with Crippen molar-refractivity contribution in [1.82, 2.24) is 5.01 Å². The molecule has 122 valence electrons. The van der Waals surface area contributed by atoms with Crippen LogP contribution in [-0.2, 0) is 20.9 Å². The molecule has 6 heteroatoms. The van der Waals surface area contributed by atoms with Gasteiger partial charge in [0.1, 0.15) is 4.87 Å². The smallest absolute Gasteiger partial charge is 0.244 e. The predicted octanol–water partition coefficient (Wildman–Crippen LogP) is 2.74. The van der Waals surface area contributed by atoms with E-state index in [0.717, 1.165) is 30.7 Å². The minimum absolute atomic E-state index is 0.0618. The van der Waals surface area contributed by atoms with Crippen molar-refractivity contribution >= 4 is 28.6 Å². The van der Waals surface area contributed by atoms with E-state index in [2.05, 4.69) is 17.2 Å². The number of aryl methyl sites for hydroxylation is 1. The first kappa shape index (κ1) is 16.1. The summed E-state index contributed by atoms with van der Waals surface area (Å²) in [5.41, 5.74) is 7.65. The standard InChI is InChI=1S/C17H21N3O2S/c1-12-19-20(16(22)10-9-15(18)21)17(23-12)11-5-4-7-13-6-2-3-8-14(13)17/h2-3,6,8H,4-5,7,9-11H2,1H3,(H2,18,21). The average molecular weight is 331 g/mol. The van der Waals surface area contributed by atoms with E-state index in [-0.39, 0.29) is 18.7 Å². The molecule has 1 aromatic rings. The Balaban J connectivity index is 1.99. The van der Waals surface area contributed by atoms with E-state index in [9.17, 15) is 9.59 Å². The highest BCUT2D eigenvalue weighted by Gasteiger charge is 2.48. The second-order valence-electron chi connectivity index (χ2n) is 6.04. The number of carbonyl (C=O) groups excluding carboxylic acids is 2. The van der Waals surface area contributed by atoms with Gasteiger partial charge in [-0.3, -0.25) is 9.59 Å². The van der Waals surface area contributed by atoms with Gasteiger partial charge >= 0.3 is 0 Å². The van der Waals surface area contributed by atoms with E-state index in [1.165, 1.54) is 11.1 Å². The number of nitrogens with two attached hydrogens (primary N) is 1. The first-order chi connectivity index (χ1) is 11.0. The third kappa shape index (κ3) is 3.00. The number of rotatable bonds is 3. The number of nitrogens with zero attached hydrogens (tertiary/aromatic N) is 2. The summed E-state index contributed by atoms with van der Waals surface area (Å²) in [5.74, 6) is -0.592.